The molecular weight excluding hydrogens is 388 g/mol. The van der Waals surface area contributed by atoms with Gasteiger partial charge in [0.25, 0.3) is 5.56 Å². The third-order valence-corrected chi connectivity index (χ3v) is 6.04. The molecule has 2 aromatic heterocycles. The summed E-state index contributed by atoms with van der Waals surface area (Å²) >= 11 is 0. The molecule has 5 N–H and O–H groups in total. The van der Waals surface area contributed by atoms with Crippen LogP contribution in [0.25, 0.3) is 28.0 Å². The maximum absolute atomic E-state index is 13.6. The van der Waals surface area contributed by atoms with Crippen molar-refractivity contribution in [3.05, 3.63) is 64.6 Å². The van der Waals surface area contributed by atoms with E-state index in [9.17, 15) is 4.79 Å². The van der Waals surface area contributed by atoms with Crippen LogP contribution in [0.2, 0.25) is 0 Å². The lowest BCUT2D eigenvalue weighted by Crippen LogP contribution is -2.30. The third kappa shape index (κ3) is 3.22. The number of nitrogen functional groups attached to an aromatic ring is 2. The Morgan fingerprint density at radius 1 is 0.935 bits per heavy atom. The van der Waals surface area contributed by atoms with Gasteiger partial charge in [-0.3, -0.25) is 4.79 Å². The molecule has 7 heteroatoms. The second-order valence-electron chi connectivity index (χ2n) is 8.15. The molecule has 7 nitrogen and oxygen atoms in total. The van der Waals surface area contributed by atoms with Gasteiger partial charge in [-0.1, -0.05) is 36.4 Å². The number of nitrogens with one attached hydrogen (secondary N) is 1. The minimum atomic E-state index is -0.170. The molecule has 0 saturated carbocycles. The van der Waals surface area contributed by atoms with Crippen molar-refractivity contribution in [3.8, 4) is 22.4 Å². The number of anilines is 3. The highest BCUT2D eigenvalue weighted by atomic mass is 16.1. The van der Waals surface area contributed by atoms with E-state index < -0.39 is 0 Å². The first kappa shape index (κ1) is 19.2. The van der Waals surface area contributed by atoms with Crippen LogP contribution in [0.3, 0.4) is 0 Å². The van der Waals surface area contributed by atoms with Crippen LogP contribution in [0, 0.1) is 6.92 Å². The quantitative estimate of drug-likeness (QED) is 0.442. The predicted molar refractivity (Wildman–Crippen MR) is 126 cm³/mol. The van der Waals surface area contributed by atoms with Crippen molar-refractivity contribution in [2.75, 3.05) is 29.5 Å². The van der Waals surface area contributed by atoms with E-state index in [0.29, 0.717) is 16.9 Å². The zero-order chi connectivity index (χ0) is 21.5. The molecular formula is C24H26N6O. The molecule has 0 aliphatic carbocycles. The molecule has 4 aromatic rings. The highest BCUT2D eigenvalue weighted by molar-refractivity contribution is 5.87. The van der Waals surface area contributed by atoms with E-state index in [2.05, 4.69) is 9.88 Å². The fourth-order valence-electron chi connectivity index (χ4n) is 4.45. The van der Waals surface area contributed by atoms with Crippen LogP contribution < -0.4 is 21.9 Å². The van der Waals surface area contributed by atoms with E-state index in [-0.39, 0.29) is 5.56 Å². The van der Waals surface area contributed by atoms with Gasteiger partial charge in [-0.25, -0.2) is 0 Å². The summed E-state index contributed by atoms with van der Waals surface area (Å²) in [4.78, 5) is 19.4. The van der Waals surface area contributed by atoms with Gasteiger partial charge in [0.2, 0.25) is 0 Å². The maximum Gasteiger partial charge on any atom is 0.282 e. The lowest BCUT2D eigenvalue weighted by Gasteiger charge is -2.28. The number of hydrogen-bond donors (Lipinski definition) is 3. The SMILES string of the molecule is Cc1[nH]c2c(N3CCCCC3)c(-c3ccccc3)nn2c(=O)c1-c1ccc(N)c(N)c1. The number of nitrogens with zero attached hydrogens (tertiary/aromatic N) is 3. The number of aromatic amines is 1. The Bertz CT molecular complexity index is 1320. The van der Waals surface area contributed by atoms with Gasteiger partial charge in [0, 0.05) is 24.3 Å². The molecule has 1 aliphatic rings. The normalized spacial score (nSPS) is 14.3. The second kappa shape index (κ2) is 7.50. The zero-order valence-electron chi connectivity index (χ0n) is 17.6. The van der Waals surface area contributed by atoms with Crippen molar-refractivity contribution >= 4 is 22.7 Å². The fourth-order valence-corrected chi connectivity index (χ4v) is 4.45. The molecule has 0 bridgehead atoms. The van der Waals surface area contributed by atoms with Crippen molar-refractivity contribution in [3.63, 3.8) is 0 Å². The zero-order valence-corrected chi connectivity index (χ0v) is 17.6. The summed E-state index contributed by atoms with van der Waals surface area (Å²) in [5.41, 5.74) is 18.3. The van der Waals surface area contributed by atoms with Gasteiger partial charge in [-0.15, -0.1) is 0 Å². The van der Waals surface area contributed by atoms with Gasteiger partial charge >= 0.3 is 0 Å². The van der Waals surface area contributed by atoms with Gasteiger partial charge in [-0.05, 0) is 43.9 Å². The summed E-state index contributed by atoms with van der Waals surface area (Å²) in [6.45, 7) is 3.83. The Kier molecular flexibility index (Phi) is 4.66. The number of rotatable bonds is 3. The Labute approximate surface area is 180 Å². The standard InChI is InChI=1S/C24H26N6O/c1-15-20(17-10-11-18(25)19(26)14-17)24(31)30-23(27-15)22(29-12-6-3-7-13-29)21(28-30)16-8-4-2-5-9-16/h2,4-5,8-11,14,27H,3,6-7,12-13,25-26H2,1H3. The van der Waals surface area contributed by atoms with Gasteiger partial charge in [0.1, 0.15) is 11.4 Å². The molecule has 31 heavy (non-hydrogen) atoms. The molecule has 1 fully saturated rings. The summed E-state index contributed by atoms with van der Waals surface area (Å²) in [7, 11) is 0. The topological polar surface area (TPSA) is 105 Å². The molecule has 158 valence electrons. The van der Waals surface area contributed by atoms with Crippen LogP contribution in [0.5, 0.6) is 0 Å². The van der Waals surface area contributed by atoms with Crippen LogP contribution >= 0.6 is 0 Å². The smallest absolute Gasteiger partial charge is 0.282 e. The number of hydrogen-bond acceptors (Lipinski definition) is 5. The van der Waals surface area contributed by atoms with E-state index in [0.717, 1.165) is 59.8 Å². The fraction of sp³-hybridized carbons (Fsp3) is 0.250. The van der Waals surface area contributed by atoms with Crippen LogP contribution in [0.4, 0.5) is 17.1 Å². The second-order valence-corrected chi connectivity index (χ2v) is 8.15. The Balaban J connectivity index is 1.78. The van der Waals surface area contributed by atoms with Crippen molar-refractivity contribution in [1.29, 1.82) is 0 Å². The molecule has 2 aromatic carbocycles. The molecule has 5 rings (SSSR count). The average Bonchev–Trinajstić information content (AvgIpc) is 3.17. The lowest BCUT2D eigenvalue weighted by atomic mass is 10.0. The van der Waals surface area contributed by atoms with Crippen molar-refractivity contribution in [2.24, 2.45) is 0 Å². The summed E-state index contributed by atoms with van der Waals surface area (Å²) in [5.74, 6) is 0. The van der Waals surface area contributed by atoms with E-state index in [1.54, 1.807) is 12.1 Å². The number of piperidine rings is 1. The minimum Gasteiger partial charge on any atom is -0.397 e. The Hall–Kier alpha value is -3.74. The van der Waals surface area contributed by atoms with Crippen molar-refractivity contribution in [1.82, 2.24) is 14.6 Å². The number of nitrogens with two attached hydrogens (primary N) is 2. The number of fused-ring (bicyclic) bond motifs is 1. The summed E-state index contributed by atoms with van der Waals surface area (Å²) < 4.78 is 1.50. The molecule has 0 unspecified atom stereocenters. The predicted octanol–water partition coefficient (Wildman–Crippen LogP) is 3.82. The van der Waals surface area contributed by atoms with Gasteiger partial charge < -0.3 is 21.4 Å². The van der Waals surface area contributed by atoms with Crippen LogP contribution in [0.15, 0.2) is 53.3 Å². The van der Waals surface area contributed by atoms with E-state index >= 15 is 0 Å². The summed E-state index contributed by atoms with van der Waals surface area (Å²) in [5, 5.41) is 4.80. The number of aromatic nitrogens is 3. The molecule has 0 amide bonds. The number of aryl methyl sites for hydroxylation is 1. The van der Waals surface area contributed by atoms with Crippen molar-refractivity contribution < 1.29 is 0 Å². The van der Waals surface area contributed by atoms with Crippen molar-refractivity contribution in [2.45, 2.75) is 26.2 Å². The highest BCUT2D eigenvalue weighted by Crippen LogP contribution is 2.35. The summed E-state index contributed by atoms with van der Waals surface area (Å²) in [6.07, 6.45) is 3.50. The lowest BCUT2D eigenvalue weighted by molar-refractivity contribution is 0.579. The summed E-state index contributed by atoms with van der Waals surface area (Å²) in [6, 6.07) is 15.3. The molecule has 0 atom stereocenters. The molecule has 3 heterocycles. The van der Waals surface area contributed by atoms with E-state index in [1.807, 2.05) is 43.3 Å². The highest BCUT2D eigenvalue weighted by Gasteiger charge is 2.25. The van der Waals surface area contributed by atoms with Crippen LogP contribution in [-0.4, -0.2) is 27.7 Å². The first-order valence-electron chi connectivity index (χ1n) is 10.7. The molecule has 1 saturated heterocycles. The van der Waals surface area contributed by atoms with Gasteiger partial charge in [0.05, 0.1) is 16.9 Å². The monoisotopic (exact) mass is 414 g/mol. The van der Waals surface area contributed by atoms with Crippen LogP contribution in [0.1, 0.15) is 25.0 Å². The molecule has 0 radical (unpaired) electrons. The number of benzene rings is 2. The minimum absolute atomic E-state index is 0.170. The van der Waals surface area contributed by atoms with Gasteiger partial charge in [-0.2, -0.15) is 9.61 Å². The molecule has 1 aliphatic heterocycles. The maximum atomic E-state index is 13.6. The largest absolute Gasteiger partial charge is 0.397 e. The Morgan fingerprint density at radius 3 is 2.39 bits per heavy atom. The third-order valence-electron chi connectivity index (χ3n) is 6.04. The molecule has 0 spiro atoms. The van der Waals surface area contributed by atoms with E-state index in [1.165, 1.54) is 10.9 Å². The number of H-pyrrole nitrogens is 1. The van der Waals surface area contributed by atoms with Gasteiger partial charge in [0.15, 0.2) is 5.65 Å². The Morgan fingerprint density at radius 2 is 1.68 bits per heavy atom. The average molecular weight is 415 g/mol. The van der Waals surface area contributed by atoms with E-state index in [4.69, 9.17) is 16.6 Å². The first-order valence-corrected chi connectivity index (χ1v) is 10.7. The van der Waals surface area contributed by atoms with Crippen LogP contribution in [-0.2, 0) is 0 Å². The first-order chi connectivity index (χ1) is 15.0.